The second-order valence-electron chi connectivity index (χ2n) is 9.44. The molecular weight excluding hydrogens is 587 g/mol. The van der Waals surface area contributed by atoms with Crippen LogP contribution in [0.4, 0.5) is 0 Å². The van der Waals surface area contributed by atoms with Crippen LogP contribution in [0.3, 0.4) is 0 Å². The third kappa shape index (κ3) is 4.95. The molecule has 0 radical (unpaired) electrons. The summed E-state index contributed by atoms with van der Waals surface area (Å²) in [4.78, 5) is 32.4. The Morgan fingerprint density at radius 1 is 0.854 bits per heavy atom. The molecule has 1 unspecified atom stereocenters. The van der Waals surface area contributed by atoms with Crippen LogP contribution in [0.15, 0.2) is 58.9 Å². The van der Waals surface area contributed by atoms with Crippen LogP contribution < -0.4 is 11.1 Å². The number of aliphatic hydroxyl groups excluding tert-OH is 4. The number of aromatic nitrogens is 6. The highest BCUT2D eigenvalue weighted by Crippen LogP contribution is 2.57. The summed E-state index contributed by atoms with van der Waals surface area (Å²) in [6.45, 7) is -5.48. The number of rotatable bonds is 8. The van der Waals surface area contributed by atoms with Gasteiger partial charge in [0.1, 0.15) is 36.6 Å². The molecular formula is C22H25N6O11PS. The molecule has 2 aliphatic heterocycles. The number of fused-ring (bicyclic) bond motifs is 2. The first kappa shape index (κ1) is 28.2. The highest BCUT2D eigenvalue weighted by Gasteiger charge is 2.50. The zero-order chi connectivity index (χ0) is 29.1. The van der Waals surface area contributed by atoms with Gasteiger partial charge >= 0.3 is 6.80 Å². The first-order valence-electron chi connectivity index (χ1n) is 12.3. The molecule has 0 saturated carbocycles. The summed E-state index contributed by atoms with van der Waals surface area (Å²) in [7, 11) is 0. The van der Waals surface area contributed by atoms with Crippen LogP contribution in [0.2, 0.25) is 0 Å². The van der Waals surface area contributed by atoms with Crippen molar-refractivity contribution >= 4 is 30.6 Å². The van der Waals surface area contributed by atoms with Gasteiger partial charge in [-0.05, 0) is 0 Å². The fraction of sp³-hybridized carbons (Fsp3) is 0.455. The quantitative estimate of drug-likeness (QED) is 0.111. The van der Waals surface area contributed by atoms with E-state index in [1.165, 1.54) is 67.2 Å². The fourth-order valence-corrected chi connectivity index (χ4v) is 6.41. The predicted molar refractivity (Wildman–Crippen MR) is 139 cm³/mol. The van der Waals surface area contributed by atoms with Crippen molar-refractivity contribution in [2.45, 2.75) is 49.1 Å². The molecule has 9 atom stereocenters. The molecule has 6 heterocycles. The van der Waals surface area contributed by atoms with E-state index < -0.39 is 69.1 Å². The van der Waals surface area contributed by atoms with E-state index in [2.05, 4.69) is 22.2 Å². The molecule has 2 saturated heterocycles. The van der Waals surface area contributed by atoms with Crippen LogP contribution in [0, 0.1) is 0 Å². The van der Waals surface area contributed by atoms with Gasteiger partial charge in [0.15, 0.2) is 12.5 Å². The Kier molecular flexibility index (Phi) is 7.39. The summed E-state index contributed by atoms with van der Waals surface area (Å²) in [5, 5.41) is 41.7. The van der Waals surface area contributed by atoms with Crippen molar-refractivity contribution in [2.75, 3.05) is 13.2 Å². The van der Waals surface area contributed by atoms with E-state index in [1.54, 1.807) is 0 Å². The van der Waals surface area contributed by atoms with Crippen LogP contribution in [0.5, 0.6) is 0 Å². The Hall–Kier alpha value is -2.90. The lowest BCUT2D eigenvalue weighted by Crippen LogP contribution is -2.36. The zero-order valence-electron chi connectivity index (χ0n) is 20.9. The van der Waals surface area contributed by atoms with Crippen molar-refractivity contribution in [1.29, 1.82) is 0 Å². The van der Waals surface area contributed by atoms with Gasteiger partial charge in [-0.15, -0.1) is 0 Å². The Morgan fingerprint density at radius 2 is 1.41 bits per heavy atom. The molecule has 220 valence electrons. The Labute approximate surface area is 234 Å². The monoisotopic (exact) mass is 612 g/mol. The number of hydrogen-bond acceptors (Lipinski definition) is 13. The molecule has 0 aliphatic carbocycles. The number of nitrogens with zero attached hydrogens (tertiary/aromatic N) is 6. The van der Waals surface area contributed by atoms with Gasteiger partial charge in [-0.1, -0.05) is 12.2 Å². The third-order valence-electron chi connectivity index (χ3n) is 6.97. The molecule has 0 spiro atoms. The Bertz CT molecular complexity index is 1740. The molecule has 2 aliphatic rings. The van der Waals surface area contributed by atoms with Gasteiger partial charge in [-0.25, -0.2) is 14.5 Å². The fourth-order valence-electron chi connectivity index (χ4n) is 4.95. The van der Waals surface area contributed by atoms with E-state index in [9.17, 15) is 34.6 Å². The van der Waals surface area contributed by atoms with Crippen LogP contribution >= 0.6 is 19.0 Å². The average Bonchev–Trinajstić information content (AvgIpc) is 3.73. The molecule has 4 N–H and O–H groups in total. The maximum Gasteiger partial charge on any atom is 0.386 e. The molecule has 4 aromatic heterocycles. The van der Waals surface area contributed by atoms with Crippen molar-refractivity contribution in [2.24, 2.45) is 0 Å². The SMILES string of the molecule is O=c1ccn([C@@H]2O[C@H](COP(=O)(S)O[C@@H]3[C@H](O)[C@@H](CO)O[C@H]3n3ccc(=O)n4ccnc34)[C@@H](O)[C@H]2O)c2nccn12. The highest BCUT2D eigenvalue weighted by atomic mass is 32.7. The lowest BCUT2D eigenvalue weighted by atomic mass is 10.1. The molecule has 0 bridgehead atoms. The number of imidazole rings is 2. The van der Waals surface area contributed by atoms with Crippen molar-refractivity contribution in [1.82, 2.24) is 27.9 Å². The van der Waals surface area contributed by atoms with Gasteiger partial charge in [0.2, 0.25) is 11.6 Å². The summed E-state index contributed by atoms with van der Waals surface area (Å²) < 4.78 is 40.9. The summed E-state index contributed by atoms with van der Waals surface area (Å²) >= 11 is 4.01. The topological polar surface area (TPSA) is 214 Å². The van der Waals surface area contributed by atoms with E-state index in [1.807, 2.05) is 0 Å². The predicted octanol–water partition coefficient (Wildman–Crippen LogP) is -1.68. The number of ether oxygens (including phenoxy) is 2. The first-order chi connectivity index (χ1) is 19.6. The normalized spacial score (nSPS) is 31.7. The molecule has 19 heteroatoms. The van der Waals surface area contributed by atoms with E-state index in [0.717, 1.165) is 0 Å². The lowest BCUT2D eigenvalue weighted by Gasteiger charge is -2.26. The minimum Gasteiger partial charge on any atom is -0.394 e. The van der Waals surface area contributed by atoms with Gasteiger partial charge in [-0.2, -0.15) is 0 Å². The summed E-state index contributed by atoms with van der Waals surface area (Å²) in [6.07, 6.45) is -2.24. The number of hydrogen-bond donors (Lipinski definition) is 5. The average molecular weight is 613 g/mol. The zero-order valence-corrected chi connectivity index (χ0v) is 22.7. The highest BCUT2D eigenvalue weighted by molar-refractivity contribution is 8.44. The van der Waals surface area contributed by atoms with E-state index in [0.29, 0.717) is 0 Å². The van der Waals surface area contributed by atoms with Gasteiger partial charge < -0.3 is 29.9 Å². The summed E-state index contributed by atoms with van der Waals surface area (Å²) in [6, 6.07) is 2.46. The van der Waals surface area contributed by atoms with Crippen LogP contribution in [0.1, 0.15) is 12.5 Å². The molecule has 4 aromatic rings. The van der Waals surface area contributed by atoms with Gasteiger partial charge in [0.25, 0.3) is 11.1 Å². The van der Waals surface area contributed by atoms with Crippen molar-refractivity contribution in [3.8, 4) is 0 Å². The van der Waals surface area contributed by atoms with Crippen molar-refractivity contribution in [3.05, 3.63) is 70.0 Å². The molecule has 0 amide bonds. The van der Waals surface area contributed by atoms with E-state index >= 15 is 0 Å². The minimum absolute atomic E-state index is 0.133. The standard InChI is InChI=1S/C22H25N6O11PS/c29-9-11-16(33)18(20(37-11)28-6-2-14(31)26-8-4-24-22(26)28)39-40(35,41)36-10-12-15(32)17(34)19(38-12)27-5-1-13(30)25-7-3-23-21(25)27/h1-8,11-12,15-20,29,32-34H,9-10H2,(H,35,41)/t11-,12-,15-,16-,17-,18-,19-,20-,40?/m1/s1. The molecule has 0 aromatic carbocycles. The largest absolute Gasteiger partial charge is 0.394 e. The maximum atomic E-state index is 13.3. The Morgan fingerprint density at radius 3 is 2.00 bits per heavy atom. The molecule has 41 heavy (non-hydrogen) atoms. The first-order valence-corrected chi connectivity index (χ1v) is 15.0. The van der Waals surface area contributed by atoms with Crippen molar-refractivity contribution in [3.63, 3.8) is 0 Å². The summed E-state index contributed by atoms with van der Waals surface area (Å²) in [5.41, 5.74) is -0.733. The minimum atomic E-state index is -4.32. The lowest BCUT2D eigenvalue weighted by molar-refractivity contribution is -0.0556. The Balaban J connectivity index is 1.19. The molecule has 6 rings (SSSR count). The third-order valence-corrected chi connectivity index (χ3v) is 8.58. The van der Waals surface area contributed by atoms with Crippen LogP contribution in [0.25, 0.3) is 11.6 Å². The van der Waals surface area contributed by atoms with Crippen LogP contribution in [-0.4, -0.2) is 98.2 Å². The van der Waals surface area contributed by atoms with Crippen molar-refractivity contribution < 1.29 is 43.5 Å². The van der Waals surface area contributed by atoms with Gasteiger partial charge in [0, 0.05) is 49.3 Å². The van der Waals surface area contributed by atoms with Gasteiger partial charge in [-0.3, -0.25) is 36.6 Å². The van der Waals surface area contributed by atoms with E-state index in [4.69, 9.17) is 18.5 Å². The second kappa shape index (κ2) is 10.7. The maximum absolute atomic E-state index is 13.3. The molecule has 2 fully saturated rings. The molecule has 17 nitrogen and oxygen atoms in total. The smallest absolute Gasteiger partial charge is 0.386 e. The number of thiol groups is 1. The number of aliphatic hydroxyl groups is 4. The second-order valence-corrected chi connectivity index (χ2v) is 12.3. The van der Waals surface area contributed by atoms with Gasteiger partial charge in [0.05, 0.1) is 13.2 Å². The summed E-state index contributed by atoms with van der Waals surface area (Å²) in [5.74, 6) is 0.292. The van der Waals surface area contributed by atoms with E-state index in [-0.39, 0.29) is 22.7 Å². The van der Waals surface area contributed by atoms with Crippen LogP contribution in [-0.2, 0) is 23.1 Å².